The average molecular weight is 507 g/mol. The zero-order chi connectivity index (χ0) is 26.2. The van der Waals surface area contributed by atoms with Gasteiger partial charge in [0.15, 0.2) is 0 Å². The molecule has 5 aromatic rings. The molecule has 38 heavy (non-hydrogen) atoms. The number of aromatic nitrogens is 4. The second-order valence-electron chi connectivity index (χ2n) is 8.95. The molecule has 0 aliphatic heterocycles. The van der Waals surface area contributed by atoms with Crippen LogP contribution in [0.15, 0.2) is 91.5 Å². The smallest absolute Gasteiger partial charge is 0.251 e. The number of fused-ring (bicyclic) bond motifs is 1. The molecule has 0 aliphatic rings. The lowest BCUT2D eigenvalue weighted by atomic mass is 10.0. The molecular formula is C30H30N6O2. The molecule has 0 radical (unpaired) electrons. The predicted molar refractivity (Wildman–Crippen MR) is 148 cm³/mol. The highest BCUT2D eigenvalue weighted by Crippen LogP contribution is 2.31. The van der Waals surface area contributed by atoms with Crippen LogP contribution in [0.2, 0.25) is 0 Å². The topological polar surface area (TPSA) is 94.0 Å². The van der Waals surface area contributed by atoms with Crippen LogP contribution < -0.4 is 10.8 Å². The molecule has 0 saturated carbocycles. The molecule has 2 N–H and O–H groups in total. The van der Waals surface area contributed by atoms with E-state index in [1.54, 1.807) is 25.7 Å². The molecule has 0 saturated heterocycles. The minimum Gasteiger partial charge on any atom is -0.352 e. The standard InChI is InChI=1S/C30H30N6O2/c1-38-33-16-14-22-8-10-24(11-9-22)29-28(23-6-3-2-4-7-23)35-27-20-25(12-13-26(27)34-29)30(37)32-15-5-18-36-19-17-31-21-36/h2-4,6-13,17,19-21,33H,5,14-16,18H2,1H3,(H,32,37). The Morgan fingerprint density at radius 1 is 0.895 bits per heavy atom. The third-order valence-corrected chi connectivity index (χ3v) is 6.30. The number of carbonyl (C=O) groups excluding carboxylic acids is 1. The van der Waals surface area contributed by atoms with Crippen LogP contribution in [0.25, 0.3) is 33.5 Å². The minimum atomic E-state index is -0.122. The van der Waals surface area contributed by atoms with Crippen LogP contribution >= 0.6 is 0 Å². The lowest BCUT2D eigenvalue weighted by Crippen LogP contribution is -2.25. The molecule has 0 spiro atoms. The van der Waals surface area contributed by atoms with Crippen LogP contribution in [0, 0.1) is 0 Å². The van der Waals surface area contributed by atoms with Crippen molar-refractivity contribution in [2.45, 2.75) is 19.4 Å². The van der Waals surface area contributed by atoms with E-state index >= 15 is 0 Å². The molecule has 0 unspecified atom stereocenters. The summed E-state index contributed by atoms with van der Waals surface area (Å²) >= 11 is 0. The van der Waals surface area contributed by atoms with Crippen molar-refractivity contribution in [3.05, 3.63) is 103 Å². The van der Waals surface area contributed by atoms with E-state index in [0.717, 1.165) is 54.0 Å². The first-order chi connectivity index (χ1) is 18.7. The highest BCUT2D eigenvalue weighted by Gasteiger charge is 2.15. The summed E-state index contributed by atoms with van der Waals surface area (Å²) in [5, 5.41) is 3.00. The first-order valence-corrected chi connectivity index (χ1v) is 12.7. The van der Waals surface area contributed by atoms with Crippen molar-refractivity contribution in [1.82, 2.24) is 30.3 Å². The first-order valence-electron chi connectivity index (χ1n) is 12.7. The molecule has 0 fully saturated rings. The van der Waals surface area contributed by atoms with E-state index in [4.69, 9.17) is 14.8 Å². The van der Waals surface area contributed by atoms with Gasteiger partial charge in [0.1, 0.15) is 0 Å². The summed E-state index contributed by atoms with van der Waals surface area (Å²) in [4.78, 5) is 31.8. The minimum absolute atomic E-state index is 0.122. The molecular weight excluding hydrogens is 476 g/mol. The Kier molecular flexibility index (Phi) is 8.13. The summed E-state index contributed by atoms with van der Waals surface area (Å²) in [5.74, 6) is -0.122. The van der Waals surface area contributed by atoms with E-state index in [-0.39, 0.29) is 5.91 Å². The number of benzene rings is 3. The van der Waals surface area contributed by atoms with Gasteiger partial charge in [0.05, 0.1) is 35.9 Å². The van der Waals surface area contributed by atoms with Gasteiger partial charge >= 0.3 is 0 Å². The maximum atomic E-state index is 12.8. The first kappa shape index (κ1) is 25.3. The Hall–Kier alpha value is -4.40. The Bertz CT molecular complexity index is 1490. The van der Waals surface area contributed by atoms with Crippen molar-refractivity contribution >= 4 is 16.9 Å². The van der Waals surface area contributed by atoms with Crippen LogP contribution in [-0.4, -0.2) is 45.6 Å². The number of hydrogen-bond acceptors (Lipinski definition) is 6. The van der Waals surface area contributed by atoms with E-state index in [2.05, 4.69) is 40.0 Å². The van der Waals surface area contributed by atoms with Gasteiger partial charge in [-0.1, -0.05) is 54.6 Å². The van der Waals surface area contributed by atoms with Gasteiger partial charge in [0.25, 0.3) is 5.91 Å². The monoisotopic (exact) mass is 506 g/mol. The number of nitrogens with zero attached hydrogens (tertiary/aromatic N) is 4. The largest absolute Gasteiger partial charge is 0.352 e. The van der Waals surface area contributed by atoms with Crippen molar-refractivity contribution < 1.29 is 9.63 Å². The van der Waals surface area contributed by atoms with E-state index in [9.17, 15) is 4.79 Å². The molecule has 0 atom stereocenters. The molecule has 0 bridgehead atoms. The quantitative estimate of drug-likeness (QED) is 0.200. The lowest BCUT2D eigenvalue weighted by Gasteiger charge is -2.12. The molecule has 2 aromatic heterocycles. The van der Waals surface area contributed by atoms with Gasteiger partial charge < -0.3 is 14.7 Å². The Morgan fingerprint density at radius 3 is 2.39 bits per heavy atom. The van der Waals surface area contributed by atoms with Gasteiger partial charge in [-0.05, 0) is 36.6 Å². The fraction of sp³-hybridized carbons (Fsp3) is 0.200. The maximum Gasteiger partial charge on any atom is 0.251 e. The third kappa shape index (κ3) is 6.11. The number of hydroxylamine groups is 1. The molecule has 3 aromatic carbocycles. The van der Waals surface area contributed by atoms with Gasteiger partial charge in [0.2, 0.25) is 0 Å². The highest BCUT2D eigenvalue weighted by atomic mass is 16.6. The zero-order valence-corrected chi connectivity index (χ0v) is 21.3. The number of hydrogen-bond donors (Lipinski definition) is 2. The summed E-state index contributed by atoms with van der Waals surface area (Å²) in [5.41, 5.74) is 9.61. The van der Waals surface area contributed by atoms with Crippen molar-refractivity contribution in [3.63, 3.8) is 0 Å². The normalized spacial score (nSPS) is 11.1. The number of carbonyl (C=O) groups is 1. The van der Waals surface area contributed by atoms with Crippen molar-refractivity contribution in [3.8, 4) is 22.5 Å². The Balaban J connectivity index is 1.40. The summed E-state index contributed by atoms with van der Waals surface area (Å²) in [6.07, 6.45) is 7.12. The molecule has 8 heteroatoms. The summed E-state index contributed by atoms with van der Waals surface area (Å²) in [6.45, 7) is 2.12. The second-order valence-corrected chi connectivity index (χ2v) is 8.95. The molecule has 5 rings (SSSR count). The molecule has 0 aliphatic carbocycles. The maximum absolute atomic E-state index is 12.8. The van der Waals surface area contributed by atoms with Crippen LogP contribution in [0.5, 0.6) is 0 Å². The zero-order valence-electron chi connectivity index (χ0n) is 21.3. The summed E-state index contributed by atoms with van der Waals surface area (Å²) in [7, 11) is 1.62. The fourth-order valence-corrected chi connectivity index (χ4v) is 4.31. The molecule has 192 valence electrons. The van der Waals surface area contributed by atoms with Crippen LogP contribution in [0.1, 0.15) is 22.3 Å². The second kappa shape index (κ2) is 12.2. The van der Waals surface area contributed by atoms with Gasteiger partial charge in [-0.2, -0.15) is 0 Å². The number of nitrogens with one attached hydrogen (secondary N) is 2. The number of aryl methyl sites for hydroxylation is 1. The van der Waals surface area contributed by atoms with E-state index in [1.807, 2.05) is 53.2 Å². The van der Waals surface area contributed by atoms with Crippen molar-refractivity contribution in [2.24, 2.45) is 0 Å². The van der Waals surface area contributed by atoms with E-state index in [1.165, 1.54) is 5.56 Å². The number of imidazole rings is 1. The Labute approximate surface area is 221 Å². The predicted octanol–water partition coefficient (Wildman–Crippen LogP) is 4.67. The van der Waals surface area contributed by atoms with Gasteiger partial charge in [-0.15, -0.1) is 0 Å². The molecule has 1 amide bonds. The third-order valence-electron chi connectivity index (χ3n) is 6.30. The van der Waals surface area contributed by atoms with Crippen LogP contribution in [0.3, 0.4) is 0 Å². The van der Waals surface area contributed by atoms with Crippen LogP contribution in [0.4, 0.5) is 0 Å². The van der Waals surface area contributed by atoms with Crippen LogP contribution in [-0.2, 0) is 17.8 Å². The summed E-state index contributed by atoms with van der Waals surface area (Å²) < 4.78 is 1.99. The van der Waals surface area contributed by atoms with Crippen molar-refractivity contribution in [2.75, 3.05) is 20.2 Å². The van der Waals surface area contributed by atoms with E-state index < -0.39 is 0 Å². The highest BCUT2D eigenvalue weighted by molar-refractivity contribution is 5.98. The number of rotatable bonds is 11. The number of amides is 1. The molecule has 2 heterocycles. The molecule has 8 nitrogen and oxygen atoms in total. The lowest BCUT2D eigenvalue weighted by molar-refractivity contribution is 0.0928. The van der Waals surface area contributed by atoms with Gasteiger partial charge in [-0.3, -0.25) is 4.79 Å². The summed E-state index contributed by atoms with van der Waals surface area (Å²) in [6, 6.07) is 23.9. The van der Waals surface area contributed by atoms with E-state index in [0.29, 0.717) is 17.6 Å². The fourth-order valence-electron chi connectivity index (χ4n) is 4.31. The Morgan fingerprint density at radius 2 is 1.66 bits per heavy atom. The average Bonchev–Trinajstić information content (AvgIpc) is 3.49. The van der Waals surface area contributed by atoms with Crippen molar-refractivity contribution in [1.29, 1.82) is 0 Å². The van der Waals surface area contributed by atoms with Gasteiger partial charge in [0, 0.05) is 48.7 Å². The van der Waals surface area contributed by atoms with Gasteiger partial charge in [-0.25, -0.2) is 20.4 Å². The SMILES string of the molecule is CONCCc1ccc(-c2nc3ccc(C(=O)NCCCn4ccnc4)cc3nc2-c2ccccc2)cc1.